The van der Waals surface area contributed by atoms with Gasteiger partial charge in [-0.25, -0.2) is 0 Å². The quantitative estimate of drug-likeness (QED) is 0.675. The lowest BCUT2D eigenvalue weighted by Gasteiger charge is -2.12. The number of hydrogen-bond donors (Lipinski definition) is 1. The van der Waals surface area contributed by atoms with Crippen LogP contribution in [0.15, 0.2) is 30.3 Å². The molecule has 110 valence electrons. The molecule has 2 rings (SSSR count). The molecule has 0 heterocycles. The highest BCUT2D eigenvalue weighted by atomic mass is 127. The molecule has 2 aromatic carbocycles. The molecule has 3 nitrogen and oxygen atoms in total. The van der Waals surface area contributed by atoms with Crippen LogP contribution < -0.4 is 10.1 Å². The molecule has 1 N–H and O–H groups in total. The second-order valence-electron chi connectivity index (χ2n) is 4.38. The van der Waals surface area contributed by atoms with Gasteiger partial charge in [-0.3, -0.25) is 4.79 Å². The number of hydrogen-bond acceptors (Lipinski definition) is 2. The molecule has 0 saturated carbocycles. The number of ether oxygens (including phenoxy) is 1. The van der Waals surface area contributed by atoms with E-state index in [-0.39, 0.29) is 5.91 Å². The average Bonchev–Trinajstić information content (AvgIpc) is 2.45. The molecule has 1 amide bonds. The maximum atomic E-state index is 12.3. The average molecular weight is 436 g/mol. The van der Waals surface area contributed by atoms with E-state index in [1.54, 1.807) is 30.3 Å². The zero-order valence-corrected chi connectivity index (χ0v) is 15.0. The summed E-state index contributed by atoms with van der Waals surface area (Å²) in [7, 11) is 1.53. The Morgan fingerprint density at radius 2 is 1.90 bits per heavy atom. The van der Waals surface area contributed by atoms with E-state index in [0.717, 1.165) is 9.13 Å². The third-order valence-electron chi connectivity index (χ3n) is 2.91. The molecule has 0 spiro atoms. The molecule has 0 unspecified atom stereocenters. The molecular formula is C15H12Cl2INO2. The molecule has 0 aliphatic carbocycles. The number of carbonyl (C=O) groups excluding carboxylic acids is 1. The number of methoxy groups -OCH3 is 1. The molecule has 0 aromatic heterocycles. The molecule has 0 aliphatic rings. The van der Waals surface area contributed by atoms with E-state index >= 15 is 0 Å². The standard InChI is InChI=1S/C15H12Cl2INO2/c1-8-5-13(14(21-2)7-10(8)16)19-15(20)9-3-4-12(18)11(17)6-9/h3-7H,1-2H3,(H,19,20). The van der Waals surface area contributed by atoms with Crippen LogP contribution in [0, 0.1) is 10.5 Å². The van der Waals surface area contributed by atoms with E-state index < -0.39 is 0 Å². The van der Waals surface area contributed by atoms with Crippen LogP contribution in [-0.2, 0) is 0 Å². The second kappa shape index (κ2) is 6.85. The Morgan fingerprint density at radius 3 is 2.52 bits per heavy atom. The molecule has 0 aliphatic heterocycles. The fourth-order valence-electron chi connectivity index (χ4n) is 1.76. The van der Waals surface area contributed by atoms with E-state index in [4.69, 9.17) is 27.9 Å². The predicted molar refractivity (Wildman–Crippen MR) is 94.9 cm³/mol. The van der Waals surface area contributed by atoms with E-state index in [1.165, 1.54) is 7.11 Å². The van der Waals surface area contributed by atoms with Crippen molar-refractivity contribution in [1.29, 1.82) is 0 Å². The fraction of sp³-hybridized carbons (Fsp3) is 0.133. The molecule has 0 saturated heterocycles. The smallest absolute Gasteiger partial charge is 0.255 e. The fourth-order valence-corrected chi connectivity index (χ4v) is 2.43. The Labute approximate surface area is 146 Å². The van der Waals surface area contributed by atoms with Gasteiger partial charge < -0.3 is 10.1 Å². The molecule has 0 bridgehead atoms. The predicted octanol–water partition coefficient (Wildman–Crippen LogP) is 5.17. The lowest BCUT2D eigenvalue weighted by atomic mass is 10.1. The molecule has 6 heteroatoms. The van der Waals surface area contributed by atoms with Crippen LogP contribution in [0.2, 0.25) is 10.0 Å². The van der Waals surface area contributed by atoms with Gasteiger partial charge in [0.25, 0.3) is 5.91 Å². The summed E-state index contributed by atoms with van der Waals surface area (Å²) in [5.41, 5.74) is 1.91. The first-order chi connectivity index (χ1) is 9.92. The van der Waals surface area contributed by atoms with Crippen molar-refractivity contribution in [3.63, 3.8) is 0 Å². The van der Waals surface area contributed by atoms with Gasteiger partial charge in [0.05, 0.1) is 17.8 Å². The van der Waals surface area contributed by atoms with Gasteiger partial charge in [-0.15, -0.1) is 0 Å². The van der Waals surface area contributed by atoms with Crippen molar-refractivity contribution < 1.29 is 9.53 Å². The summed E-state index contributed by atoms with van der Waals surface area (Å²) in [5.74, 6) is 0.254. The number of nitrogens with one attached hydrogen (secondary N) is 1. The molecule has 0 radical (unpaired) electrons. The van der Waals surface area contributed by atoms with E-state index in [2.05, 4.69) is 27.9 Å². The minimum atomic E-state index is -0.256. The minimum absolute atomic E-state index is 0.256. The SMILES string of the molecule is COc1cc(Cl)c(C)cc1NC(=O)c1ccc(I)c(Cl)c1. The summed E-state index contributed by atoms with van der Waals surface area (Å²) < 4.78 is 6.13. The Bertz CT molecular complexity index is 704. The second-order valence-corrected chi connectivity index (χ2v) is 6.36. The minimum Gasteiger partial charge on any atom is -0.495 e. The maximum absolute atomic E-state index is 12.3. The van der Waals surface area contributed by atoms with Crippen LogP contribution in [0.4, 0.5) is 5.69 Å². The van der Waals surface area contributed by atoms with Crippen LogP contribution in [0.5, 0.6) is 5.75 Å². The van der Waals surface area contributed by atoms with Crippen LogP contribution in [0.25, 0.3) is 0 Å². The molecule has 0 fully saturated rings. The summed E-state index contributed by atoms with van der Waals surface area (Å²) in [4.78, 5) is 12.3. The highest BCUT2D eigenvalue weighted by Gasteiger charge is 2.13. The van der Waals surface area contributed by atoms with Gasteiger partial charge in [-0.2, -0.15) is 0 Å². The Balaban J connectivity index is 2.31. The van der Waals surface area contributed by atoms with E-state index in [9.17, 15) is 4.79 Å². The maximum Gasteiger partial charge on any atom is 0.255 e. The number of carbonyl (C=O) groups is 1. The highest BCUT2D eigenvalue weighted by Crippen LogP contribution is 2.31. The van der Waals surface area contributed by atoms with Crippen LogP contribution in [-0.4, -0.2) is 13.0 Å². The first-order valence-electron chi connectivity index (χ1n) is 6.03. The summed E-state index contributed by atoms with van der Waals surface area (Å²) in [6.07, 6.45) is 0. The first kappa shape index (κ1) is 16.4. The number of benzene rings is 2. The lowest BCUT2D eigenvalue weighted by molar-refractivity contribution is 0.102. The van der Waals surface area contributed by atoms with Gasteiger partial charge in [0.15, 0.2) is 0 Å². The molecule has 21 heavy (non-hydrogen) atoms. The Morgan fingerprint density at radius 1 is 1.19 bits per heavy atom. The van der Waals surface area contributed by atoms with Crippen molar-refractivity contribution in [3.8, 4) is 5.75 Å². The number of halogens is 3. The summed E-state index contributed by atoms with van der Waals surface area (Å²) >= 11 is 14.2. The van der Waals surface area contributed by atoms with Crippen molar-refractivity contribution in [2.75, 3.05) is 12.4 Å². The summed E-state index contributed by atoms with van der Waals surface area (Å²) in [6.45, 7) is 1.86. The van der Waals surface area contributed by atoms with Crippen molar-refractivity contribution in [1.82, 2.24) is 0 Å². The van der Waals surface area contributed by atoms with Gasteiger partial charge in [0, 0.05) is 20.2 Å². The molecule has 2 aromatic rings. The van der Waals surface area contributed by atoms with Gasteiger partial charge in [-0.1, -0.05) is 23.2 Å². The van der Waals surface area contributed by atoms with Crippen LogP contribution >= 0.6 is 45.8 Å². The largest absolute Gasteiger partial charge is 0.495 e. The van der Waals surface area contributed by atoms with Crippen molar-refractivity contribution in [3.05, 3.63) is 55.1 Å². The zero-order chi connectivity index (χ0) is 15.6. The molecule has 0 atom stereocenters. The zero-order valence-electron chi connectivity index (χ0n) is 11.3. The van der Waals surface area contributed by atoms with Crippen LogP contribution in [0.1, 0.15) is 15.9 Å². The van der Waals surface area contributed by atoms with Gasteiger partial charge in [0.1, 0.15) is 5.75 Å². The van der Waals surface area contributed by atoms with Crippen molar-refractivity contribution >= 4 is 57.4 Å². The Hall–Kier alpha value is -0.980. The molecular weight excluding hydrogens is 424 g/mol. The van der Waals surface area contributed by atoms with Gasteiger partial charge >= 0.3 is 0 Å². The summed E-state index contributed by atoms with van der Waals surface area (Å²) in [5, 5.41) is 3.94. The van der Waals surface area contributed by atoms with Crippen LogP contribution in [0.3, 0.4) is 0 Å². The third kappa shape index (κ3) is 3.81. The summed E-state index contributed by atoms with van der Waals surface area (Å²) in [6, 6.07) is 8.59. The normalized spacial score (nSPS) is 10.3. The van der Waals surface area contributed by atoms with Gasteiger partial charge in [0.2, 0.25) is 0 Å². The third-order valence-corrected chi connectivity index (χ3v) is 4.89. The monoisotopic (exact) mass is 435 g/mol. The Kier molecular flexibility index (Phi) is 5.35. The van der Waals surface area contributed by atoms with E-state index in [0.29, 0.717) is 27.0 Å². The highest BCUT2D eigenvalue weighted by molar-refractivity contribution is 14.1. The number of anilines is 1. The lowest BCUT2D eigenvalue weighted by Crippen LogP contribution is -2.13. The van der Waals surface area contributed by atoms with E-state index in [1.807, 2.05) is 6.92 Å². The van der Waals surface area contributed by atoms with Crippen molar-refractivity contribution in [2.24, 2.45) is 0 Å². The number of amides is 1. The number of aryl methyl sites for hydroxylation is 1. The number of rotatable bonds is 3. The van der Waals surface area contributed by atoms with Crippen molar-refractivity contribution in [2.45, 2.75) is 6.92 Å². The topological polar surface area (TPSA) is 38.3 Å². The first-order valence-corrected chi connectivity index (χ1v) is 7.86. The van der Waals surface area contributed by atoms with Gasteiger partial charge in [-0.05, 0) is 59.3 Å².